The Balaban J connectivity index is 2.22. The Kier molecular flexibility index (Phi) is 10.8. The van der Waals surface area contributed by atoms with Gasteiger partial charge in [-0.1, -0.05) is 0 Å². The molecule has 1 heterocycles. The zero-order chi connectivity index (χ0) is 27.5. The second-order valence-electron chi connectivity index (χ2n) is 7.72. The molecule has 2 rings (SSSR count). The molecule has 0 aliphatic carbocycles. The van der Waals surface area contributed by atoms with Crippen LogP contribution in [0.5, 0.6) is 5.75 Å². The molecular weight excluding hydrogens is 492 g/mol. The van der Waals surface area contributed by atoms with Crippen LogP contribution in [0.3, 0.4) is 0 Å². The quantitative estimate of drug-likeness (QED) is 0.242. The van der Waals surface area contributed by atoms with E-state index in [2.05, 4.69) is 0 Å². The van der Waals surface area contributed by atoms with Crippen molar-refractivity contribution in [2.75, 3.05) is 19.8 Å². The molecule has 0 bridgehead atoms. The van der Waals surface area contributed by atoms with Gasteiger partial charge in [0.25, 0.3) is 0 Å². The fourth-order valence-corrected chi connectivity index (χ4v) is 3.45. The number of hydrogen-bond acceptors (Lipinski definition) is 13. The smallest absolute Gasteiger partial charge is 0.303 e. The van der Waals surface area contributed by atoms with E-state index in [1.54, 1.807) is 0 Å². The lowest BCUT2D eigenvalue weighted by molar-refractivity contribution is -0.308. The summed E-state index contributed by atoms with van der Waals surface area (Å²) in [6.07, 6.45) is -6.45. The lowest BCUT2D eigenvalue weighted by Gasteiger charge is -2.44. The summed E-state index contributed by atoms with van der Waals surface area (Å²) in [5.74, 6) is -2.59. The summed E-state index contributed by atoms with van der Waals surface area (Å²) in [5, 5.41) is 18.2. The van der Waals surface area contributed by atoms with Crippen molar-refractivity contribution >= 4 is 23.9 Å². The lowest BCUT2D eigenvalue weighted by atomic mass is 9.98. The van der Waals surface area contributed by atoms with Crippen molar-refractivity contribution < 1.29 is 52.3 Å². The zero-order valence-corrected chi connectivity index (χ0v) is 20.6. The van der Waals surface area contributed by atoms with E-state index in [9.17, 15) is 19.2 Å². The first kappa shape index (κ1) is 29.0. The minimum absolute atomic E-state index is 0.0519. The summed E-state index contributed by atoms with van der Waals surface area (Å²) in [6.45, 7) is 3.96. The van der Waals surface area contributed by atoms with Gasteiger partial charge in [0.05, 0.1) is 17.7 Å². The molecule has 0 saturated carbocycles. The predicted octanol–water partition coefficient (Wildman–Crippen LogP) is 0.908. The van der Waals surface area contributed by atoms with Gasteiger partial charge in [0.15, 0.2) is 24.6 Å². The van der Waals surface area contributed by atoms with Crippen LogP contribution in [0.2, 0.25) is 0 Å². The van der Waals surface area contributed by atoms with Gasteiger partial charge in [0, 0.05) is 27.7 Å². The number of rotatable bonds is 10. The first-order valence-electron chi connectivity index (χ1n) is 11.0. The van der Waals surface area contributed by atoms with Crippen LogP contribution >= 0.6 is 0 Å². The normalized spacial score (nSPS) is 22.5. The van der Waals surface area contributed by atoms with E-state index in [1.165, 1.54) is 25.1 Å². The highest BCUT2D eigenvalue weighted by atomic mass is 16.7. The van der Waals surface area contributed by atoms with Gasteiger partial charge >= 0.3 is 23.9 Å². The summed E-state index contributed by atoms with van der Waals surface area (Å²) >= 11 is 0. The van der Waals surface area contributed by atoms with Crippen LogP contribution < -0.4 is 4.74 Å². The Morgan fingerprint density at radius 3 is 1.97 bits per heavy atom. The third-order valence-corrected chi connectivity index (χ3v) is 4.81. The van der Waals surface area contributed by atoms with Gasteiger partial charge in [0.1, 0.15) is 37.2 Å². The number of carbonyl (C=O) groups excluding carboxylic acids is 4. The van der Waals surface area contributed by atoms with Gasteiger partial charge in [0.2, 0.25) is 0 Å². The molecule has 1 fully saturated rings. The van der Waals surface area contributed by atoms with Crippen molar-refractivity contribution in [1.82, 2.24) is 0 Å². The van der Waals surface area contributed by atoms with Crippen molar-refractivity contribution in [2.45, 2.75) is 58.4 Å². The molecule has 13 nitrogen and oxygen atoms in total. The largest absolute Gasteiger partial charge is 0.491 e. The molecule has 0 amide bonds. The van der Waals surface area contributed by atoms with Gasteiger partial charge in [-0.2, -0.15) is 10.5 Å². The predicted molar refractivity (Wildman–Crippen MR) is 119 cm³/mol. The van der Waals surface area contributed by atoms with Gasteiger partial charge in [-0.05, 0) is 18.2 Å². The first-order chi connectivity index (χ1) is 17.5. The van der Waals surface area contributed by atoms with Crippen LogP contribution in [-0.4, -0.2) is 74.4 Å². The van der Waals surface area contributed by atoms with Crippen molar-refractivity contribution in [3.63, 3.8) is 0 Å². The maximum absolute atomic E-state index is 11.8. The van der Waals surface area contributed by atoms with E-state index < -0.39 is 54.6 Å². The van der Waals surface area contributed by atoms with Crippen molar-refractivity contribution in [2.24, 2.45) is 0 Å². The molecular formula is C24H26N2O11. The van der Waals surface area contributed by atoms with Gasteiger partial charge in [-0.15, -0.1) is 0 Å². The van der Waals surface area contributed by atoms with E-state index in [1.807, 2.05) is 12.1 Å². The fraction of sp³-hybridized carbons (Fsp3) is 0.500. The second kappa shape index (κ2) is 13.8. The van der Waals surface area contributed by atoms with E-state index in [4.69, 9.17) is 43.7 Å². The van der Waals surface area contributed by atoms with Crippen LogP contribution in [0.1, 0.15) is 38.8 Å². The second-order valence-corrected chi connectivity index (χ2v) is 7.72. The number of nitrogens with zero attached hydrogens (tertiary/aromatic N) is 2. The van der Waals surface area contributed by atoms with Crippen molar-refractivity contribution in [1.29, 1.82) is 10.5 Å². The topological polar surface area (TPSA) is 180 Å². The molecule has 198 valence electrons. The highest BCUT2D eigenvalue weighted by Gasteiger charge is 2.52. The summed E-state index contributed by atoms with van der Waals surface area (Å²) in [4.78, 5) is 46.8. The summed E-state index contributed by atoms with van der Waals surface area (Å²) < 4.78 is 38.0. The van der Waals surface area contributed by atoms with Crippen LogP contribution in [0.25, 0.3) is 0 Å². The van der Waals surface area contributed by atoms with Crippen molar-refractivity contribution in [3.8, 4) is 17.9 Å². The molecule has 13 heteroatoms. The number of ether oxygens (including phenoxy) is 7. The minimum atomic E-state index is -1.35. The van der Waals surface area contributed by atoms with Crippen LogP contribution in [0, 0.1) is 22.7 Å². The molecule has 0 aromatic heterocycles. The molecule has 1 aromatic carbocycles. The first-order valence-corrected chi connectivity index (χ1v) is 11.0. The maximum atomic E-state index is 11.8. The number of nitriles is 2. The van der Waals surface area contributed by atoms with Crippen LogP contribution in [0.15, 0.2) is 18.2 Å². The molecule has 1 aliphatic heterocycles. The number of benzene rings is 1. The standard InChI is InChI=1S/C24H26N2O11/c1-13(27)33-12-20-21(34-14(2)28)22(35-15(3)29)23(36-16(4)30)24(37-20)32-8-7-31-19-6-5-17(10-25)18(9-19)11-26/h5-6,9,20-24H,7-8,12H2,1-4H3/t20?,21-,22?,23?,24-/m1/s1. The number of esters is 4. The van der Waals surface area contributed by atoms with Gasteiger partial charge in [-0.25, -0.2) is 0 Å². The Morgan fingerprint density at radius 2 is 1.41 bits per heavy atom. The van der Waals surface area contributed by atoms with Crippen molar-refractivity contribution in [3.05, 3.63) is 29.3 Å². The average Bonchev–Trinajstić information content (AvgIpc) is 2.82. The summed E-state index contributed by atoms with van der Waals surface area (Å²) in [5.41, 5.74) is 0.337. The average molecular weight is 518 g/mol. The molecule has 1 aliphatic rings. The Morgan fingerprint density at radius 1 is 0.811 bits per heavy atom. The molecule has 3 unspecified atom stereocenters. The molecule has 1 aromatic rings. The van der Waals surface area contributed by atoms with Gasteiger partial charge < -0.3 is 33.2 Å². The zero-order valence-electron chi connectivity index (χ0n) is 20.6. The van der Waals surface area contributed by atoms with E-state index in [-0.39, 0.29) is 30.9 Å². The Bertz CT molecular complexity index is 1090. The molecule has 0 N–H and O–H groups in total. The SMILES string of the molecule is CC(=O)OCC1O[C@@H](OCCOc2ccc(C#N)c(C#N)c2)C(OC(C)=O)C(OC(C)=O)[C@@H]1OC(C)=O. The molecule has 0 radical (unpaired) electrons. The molecule has 0 spiro atoms. The summed E-state index contributed by atoms with van der Waals surface area (Å²) in [7, 11) is 0. The number of carbonyl (C=O) groups is 4. The molecule has 37 heavy (non-hydrogen) atoms. The highest BCUT2D eigenvalue weighted by molar-refractivity contribution is 5.68. The Labute approximate surface area is 212 Å². The summed E-state index contributed by atoms with van der Waals surface area (Å²) in [6, 6.07) is 8.14. The van der Waals surface area contributed by atoms with Gasteiger partial charge in [-0.3, -0.25) is 19.2 Å². The van der Waals surface area contributed by atoms with Crippen LogP contribution in [0.4, 0.5) is 0 Å². The fourth-order valence-electron chi connectivity index (χ4n) is 3.45. The monoisotopic (exact) mass is 518 g/mol. The minimum Gasteiger partial charge on any atom is -0.491 e. The van der Waals surface area contributed by atoms with E-state index in [0.29, 0.717) is 5.75 Å². The highest BCUT2D eigenvalue weighted by Crippen LogP contribution is 2.30. The lowest BCUT2D eigenvalue weighted by Crippen LogP contribution is -2.63. The van der Waals surface area contributed by atoms with E-state index >= 15 is 0 Å². The third-order valence-electron chi connectivity index (χ3n) is 4.81. The molecule has 5 atom stereocenters. The van der Waals surface area contributed by atoms with Crippen LogP contribution in [-0.2, 0) is 47.6 Å². The van der Waals surface area contributed by atoms with E-state index in [0.717, 1.165) is 20.8 Å². The Hall–Kier alpha value is -4.20. The maximum Gasteiger partial charge on any atom is 0.303 e. The molecule has 1 saturated heterocycles. The third kappa shape index (κ3) is 8.75. The number of hydrogen-bond donors (Lipinski definition) is 0.